The van der Waals surface area contributed by atoms with Crippen LogP contribution in [0.25, 0.3) is 0 Å². The van der Waals surface area contributed by atoms with Gasteiger partial charge in [0, 0.05) is 16.2 Å². The van der Waals surface area contributed by atoms with Gasteiger partial charge >= 0.3 is 0 Å². The maximum atomic E-state index is 14.3. The van der Waals surface area contributed by atoms with E-state index in [1.165, 1.54) is 12.7 Å². The molecule has 0 radical (unpaired) electrons. The summed E-state index contributed by atoms with van der Waals surface area (Å²) < 4.78 is 19.3. The van der Waals surface area contributed by atoms with Gasteiger partial charge in [-0.15, -0.1) is 11.8 Å². The quantitative estimate of drug-likeness (QED) is 0.487. The molecule has 3 nitrogen and oxygen atoms in total. The molecule has 0 saturated carbocycles. The van der Waals surface area contributed by atoms with Crippen molar-refractivity contribution in [2.75, 3.05) is 12.9 Å². The molecule has 0 amide bonds. The van der Waals surface area contributed by atoms with Crippen molar-refractivity contribution < 1.29 is 9.13 Å². The Labute approximate surface area is 128 Å². The standard InChI is InChI=1S/C16H19FN2OS/c1-11-6-8-12(9-7-11)21-10-14(19-18)13-4-3-5-15(20-2)16(13)17/h3-9,14,19H,10,18H2,1-2H3. The number of hydrazine groups is 1. The highest BCUT2D eigenvalue weighted by molar-refractivity contribution is 7.99. The lowest BCUT2D eigenvalue weighted by Crippen LogP contribution is -2.30. The molecule has 5 heteroatoms. The van der Waals surface area contributed by atoms with Crippen LogP contribution in [-0.2, 0) is 0 Å². The third-order valence-electron chi connectivity index (χ3n) is 3.23. The number of methoxy groups -OCH3 is 1. The van der Waals surface area contributed by atoms with E-state index >= 15 is 0 Å². The van der Waals surface area contributed by atoms with Crippen molar-refractivity contribution in [3.63, 3.8) is 0 Å². The molecule has 112 valence electrons. The molecule has 0 aliphatic carbocycles. The highest BCUT2D eigenvalue weighted by Crippen LogP contribution is 2.29. The van der Waals surface area contributed by atoms with E-state index < -0.39 is 0 Å². The summed E-state index contributed by atoms with van der Waals surface area (Å²) >= 11 is 1.63. The minimum Gasteiger partial charge on any atom is -0.494 e. The van der Waals surface area contributed by atoms with Crippen molar-refractivity contribution in [3.05, 3.63) is 59.4 Å². The highest BCUT2D eigenvalue weighted by atomic mass is 32.2. The van der Waals surface area contributed by atoms with Crippen molar-refractivity contribution in [1.29, 1.82) is 0 Å². The van der Waals surface area contributed by atoms with Crippen LogP contribution in [0.4, 0.5) is 4.39 Å². The Bertz CT molecular complexity index is 589. The van der Waals surface area contributed by atoms with Crippen molar-refractivity contribution in [1.82, 2.24) is 5.43 Å². The van der Waals surface area contributed by atoms with Crippen LogP contribution < -0.4 is 16.0 Å². The number of nitrogens with one attached hydrogen (secondary N) is 1. The number of nitrogens with two attached hydrogens (primary N) is 1. The predicted molar refractivity (Wildman–Crippen MR) is 84.9 cm³/mol. The SMILES string of the molecule is COc1cccc(C(CSc2ccc(C)cc2)NN)c1F. The lowest BCUT2D eigenvalue weighted by molar-refractivity contribution is 0.381. The van der Waals surface area contributed by atoms with Crippen LogP contribution in [0.15, 0.2) is 47.4 Å². The molecule has 0 spiro atoms. The van der Waals surface area contributed by atoms with Gasteiger partial charge in [-0.1, -0.05) is 29.8 Å². The molecule has 2 aromatic carbocycles. The molecule has 1 atom stereocenters. The number of benzene rings is 2. The summed E-state index contributed by atoms with van der Waals surface area (Å²) in [6.07, 6.45) is 0. The minimum atomic E-state index is -0.368. The van der Waals surface area contributed by atoms with E-state index in [0.29, 0.717) is 11.3 Å². The first-order chi connectivity index (χ1) is 10.2. The van der Waals surface area contributed by atoms with Gasteiger partial charge in [0.2, 0.25) is 0 Å². The Morgan fingerprint density at radius 2 is 1.95 bits per heavy atom. The lowest BCUT2D eigenvalue weighted by Gasteiger charge is -2.18. The number of aryl methyl sites for hydroxylation is 1. The number of hydrogen-bond acceptors (Lipinski definition) is 4. The number of thioether (sulfide) groups is 1. The van der Waals surface area contributed by atoms with Gasteiger partial charge in [-0.2, -0.15) is 0 Å². The Hall–Kier alpha value is -1.56. The molecular weight excluding hydrogens is 287 g/mol. The summed E-state index contributed by atoms with van der Waals surface area (Å²) in [6, 6.07) is 13.0. The summed E-state index contributed by atoms with van der Waals surface area (Å²) in [7, 11) is 1.45. The van der Waals surface area contributed by atoms with E-state index in [0.717, 1.165) is 4.90 Å². The Morgan fingerprint density at radius 1 is 1.24 bits per heavy atom. The first-order valence-corrected chi connectivity index (χ1v) is 7.62. The first kappa shape index (κ1) is 15.8. The van der Waals surface area contributed by atoms with E-state index in [1.54, 1.807) is 30.0 Å². The van der Waals surface area contributed by atoms with E-state index in [4.69, 9.17) is 10.6 Å². The summed E-state index contributed by atoms with van der Waals surface area (Å²) in [6.45, 7) is 2.05. The second-order valence-corrected chi connectivity index (χ2v) is 5.80. The van der Waals surface area contributed by atoms with E-state index in [9.17, 15) is 4.39 Å². The molecule has 2 aromatic rings. The van der Waals surface area contributed by atoms with E-state index in [2.05, 4.69) is 29.7 Å². The van der Waals surface area contributed by atoms with Crippen molar-refractivity contribution in [3.8, 4) is 5.75 Å². The van der Waals surface area contributed by atoms with Crippen LogP contribution in [0.1, 0.15) is 17.2 Å². The summed E-state index contributed by atoms with van der Waals surface area (Å²) in [5.74, 6) is 6.07. The molecule has 2 rings (SSSR count). The molecule has 0 aliphatic rings. The second kappa shape index (κ2) is 7.45. The van der Waals surface area contributed by atoms with Gasteiger partial charge in [0.1, 0.15) is 0 Å². The topological polar surface area (TPSA) is 47.3 Å². The molecule has 0 fully saturated rings. The zero-order chi connectivity index (χ0) is 15.2. The van der Waals surface area contributed by atoms with E-state index in [1.807, 2.05) is 6.92 Å². The van der Waals surface area contributed by atoms with Gasteiger partial charge in [0.05, 0.1) is 13.2 Å². The summed E-state index contributed by atoms with van der Waals surface area (Å²) in [5.41, 5.74) is 4.40. The van der Waals surface area contributed by atoms with Gasteiger partial charge in [0.25, 0.3) is 0 Å². The zero-order valence-corrected chi connectivity index (χ0v) is 12.9. The molecule has 0 bridgehead atoms. The Balaban J connectivity index is 2.11. The lowest BCUT2D eigenvalue weighted by atomic mass is 10.1. The molecular formula is C16H19FN2OS. The molecule has 0 heterocycles. The van der Waals surface area contributed by atoms with Crippen molar-refractivity contribution in [2.24, 2.45) is 5.84 Å². The van der Waals surface area contributed by atoms with Gasteiger partial charge in [-0.3, -0.25) is 11.3 Å². The maximum absolute atomic E-state index is 14.3. The number of ether oxygens (including phenoxy) is 1. The molecule has 0 aromatic heterocycles. The first-order valence-electron chi connectivity index (χ1n) is 6.63. The fourth-order valence-corrected chi connectivity index (χ4v) is 2.96. The van der Waals surface area contributed by atoms with Crippen LogP contribution in [0.3, 0.4) is 0 Å². The minimum absolute atomic E-state index is 0.230. The fourth-order valence-electron chi connectivity index (χ4n) is 2.00. The summed E-state index contributed by atoms with van der Waals surface area (Å²) in [4.78, 5) is 1.13. The number of hydrogen-bond donors (Lipinski definition) is 2. The summed E-state index contributed by atoms with van der Waals surface area (Å²) in [5, 5.41) is 0. The van der Waals surface area contributed by atoms with E-state index in [-0.39, 0.29) is 17.6 Å². The number of rotatable bonds is 6. The van der Waals surface area contributed by atoms with Gasteiger partial charge in [-0.25, -0.2) is 4.39 Å². The second-order valence-electron chi connectivity index (χ2n) is 4.71. The molecule has 0 aliphatic heterocycles. The van der Waals surface area contributed by atoms with Gasteiger partial charge < -0.3 is 4.74 Å². The average molecular weight is 306 g/mol. The van der Waals surface area contributed by atoms with Crippen LogP contribution >= 0.6 is 11.8 Å². The molecule has 0 saturated heterocycles. The smallest absolute Gasteiger partial charge is 0.169 e. The monoisotopic (exact) mass is 306 g/mol. The van der Waals surface area contributed by atoms with Crippen molar-refractivity contribution in [2.45, 2.75) is 17.9 Å². The van der Waals surface area contributed by atoms with Gasteiger partial charge in [-0.05, 0) is 25.1 Å². The zero-order valence-electron chi connectivity index (χ0n) is 12.1. The van der Waals surface area contributed by atoms with Crippen molar-refractivity contribution >= 4 is 11.8 Å². The largest absolute Gasteiger partial charge is 0.494 e. The highest BCUT2D eigenvalue weighted by Gasteiger charge is 2.17. The van der Waals surface area contributed by atoms with Crippen LogP contribution in [0.5, 0.6) is 5.75 Å². The van der Waals surface area contributed by atoms with Crippen LogP contribution in [0.2, 0.25) is 0 Å². The average Bonchev–Trinajstić information content (AvgIpc) is 2.51. The maximum Gasteiger partial charge on any atom is 0.169 e. The van der Waals surface area contributed by atoms with Crippen LogP contribution in [-0.4, -0.2) is 12.9 Å². The normalized spacial score (nSPS) is 12.2. The fraction of sp³-hybridized carbons (Fsp3) is 0.250. The molecule has 3 N–H and O–H groups in total. The third-order valence-corrected chi connectivity index (χ3v) is 4.33. The van der Waals surface area contributed by atoms with Crippen LogP contribution in [0, 0.1) is 12.7 Å². The Kier molecular flexibility index (Phi) is 5.61. The molecule has 21 heavy (non-hydrogen) atoms. The third kappa shape index (κ3) is 3.97. The Morgan fingerprint density at radius 3 is 2.57 bits per heavy atom. The molecule has 1 unspecified atom stereocenters. The number of halogens is 1. The van der Waals surface area contributed by atoms with Gasteiger partial charge in [0.15, 0.2) is 11.6 Å². The predicted octanol–water partition coefficient (Wildman–Crippen LogP) is 3.44.